The van der Waals surface area contributed by atoms with Crippen LogP contribution in [0.1, 0.15) is 41.5 Å². The Morgan fingerprint density at radius 2 is 1.90 bits per heavy atom. The van der Waals surface area contributed by atoms with Crippen molar-refractivity contribution in [2.24, 2.45) is 5.92 Å². The second-order valence-electron chi connectivity index (χ2n) is 8.53. The van der Waals surface area contributed by atoms with Gasteiger partial charge in [-0.3, -0.25) is 4.79 Å². The van der Waals surface area contributed by atoms with E-state index in [0.29, 0.717) is 18.2 Å². The maximum Gasteiger partial charge on any atom is 0.231 e. The summed E-state index contributed by atoms with van der Waals surface area (Å²) in [4.78, 5) is 19.8. The lowest BCUT2D eigenvalue weighted by molar-refractivity contribution is -0.139. The molecular formula is C25H25ClN2O3. The summed E-state index contributed by atoms with van der Waals surface area (Å²) in [6.07, 6.45) is 3.03. The lowest BCUT2D eigenvalue weighted by Crippen LogP contribution is -2.38. The summed E-state index contributed by atoms with van der Waals surface area (Å²) < 4.78 is 10.9. The van der Waals surface area contributed by atoms with E-state index >= 15 is 0 Å². The van der Waals surface area contributed by atoms with E-state index in [-0.39, 0.29) is 18.6 Å². The Hall–Kier alpha value is -2.79. The van der Waals surface area contributed by atoms with Gasteiger partial charge >= 0.3 is 0 Å². The zero-order valence-electron chi connectivity index (χ0n) is 17.8. The third-order valence-electron chi connectivity index (χ3n) is 6.48. The van der Waals surface area contributed by atoms with Gasteiger partial charge in [-0.1, -0.05) is 36.2 Å². The summed E-state index contributed by atoms with van der Waals surface area (Å²) in [7, 11) is 0. The van der Waals surface area contributed by atoms with Crippen molar-refractivity contribution in [1.82, 2.24) is 9.88 Å². The molecule has 31 heavy (non-hydrogen) atoms. The number of halogens is 1. The molecule has 0 radical (unpaired) electrons. The van der Waals surface area contributed by atoms with Crippen LogP contribution in [0.25, 0.3) is 10.9 Å². The molecule has 2 aliphatic rings. The third-order valence-corrected chi connectivity index (χ3v) is 6.80. The minimum absolute atomic E-state index is 0.103. The maximum atomic E-state index is 13.2. The molecule has 5 rings (SSSR count). The highest BCUT2D eigenvalue weighted by Crippen LogP contribution is 2.35. The molecule has 0 N–H and O–H groups in total. The van der Waals surface area contributed by atoms with Crippen molar-refractivity contribution >= 4 is 28.4 Å². The Kier molecular flexibility index (Phi) is 5.22. The number of ether oxygens (including phenoxy) is 2. The molecule has 1 amide bonds. The monoisotopic (exact) mass is 436 g/mol. The molecule has 1 aliphatic carbocycles. The number of hydrogen-bond donors (Lipinski definition) is 0. The number of rotatable bonds is 5. The average molecular weight is 437 g/mol. The van der Waals surface area contributed by atoms with E-state index in [9.17, 15) is 4.79 Å². The fraction of sp³-hybridized carbons (Fsp3) is 0.360. The lowest BCUT2D eigenvalue weighted by atomic mass is 9.84. The normalized spacial score (nSPS) is 15.2. The summed E-state index contributed by atoms with van der Waals surface area (Å²) in [5.74, 6) is 1.75. The van der Waals surface area contributed by atoms with E-state index in [0.717, 1.165) is 58.4 Å². The molecule has 160 valence electrons. The molecular weight excluding hydrogens is 412 g/mol. The molecule has 3 aromatic rings. The van der Waals surface area contributed by atoms with Gasteiger partial charge in [-0.05, 0) is 61.6 Å². The van der Waals surface area contributed by atoms with Gasteiger partial charge in [0, 0.05) is 30.0 Å². The molecule has 2 aromatic carbocycles. The van der Waals surface area contributed by atoms with Crippen molar-refractivity contribution in [1.29, 1.82) is 0 Å². The van der Waals surface area contributed by atoms with Crippen molar-refractivity contribution in [3.63, 3.8) is 0 Å². The van der Waals surface area contributed by atoms with Crippen molar-refractivity contribution in [2.75, 3.05) is 6.79 Å². The first kappa shape index (κ1) is 20.1. The van der Waals surface area contributed by atoms with Crippen LogP contribution in [-0.2, 0) is 17.9 Å². The molecule has 0 bridgehead atoms. The Morgan fingerprint density at radius 1 is 1.10 bits per heavy atom. The molecule has 0 unspecified atom stereocenters. The SMILES string of the molecule is Cc1ccc2cc(CN(Cc3ccc4c(c3)OCO4)C(=O)C3CCC3)c(Cl)nc2c1C. The van der Waals surface area contributed by atoms with Gasteiger partial charge in [-0.25, -0.2) is 4.98 Å². The molecule has 5 nitrogen and oxygen atoms in total. The first-order valence-electron chi connectivity index (χ1n) is 10.7. The second kappa shape index (κ2) is 8.04. The molecule has 1 aromatic heterocycles. The fourth-order valence-corrected chi connectivity index (χ4v) is 4.40. The van der Waals surface area contributed by atoms with Crippen molar-refractivity contribution in [3.8, 4) is 11.5 Å². The first-order chi connectivity index (χ1) is 15.0. The predicted octanol–water partition coefficient (Wildman–Crippen LogP) is 5.56. The van der Waals surface area contributed by atoms with E-state index in [1.54, 1.807) is 0 Å². The molecule has 1 saturated carbocycles. The second-order valence-corrected chi connectivity index (χ2v) is 8.89. The average Bonchev–Trinajstić information content (AvgIpc) is 3.18. The zero-order chi connectivity index (χ0) is 21.5. The topological polar surface area (TPSA) is 51.7 Å². The molecule has 6 heteroatoms. The van der Waals surface area contributed by atoms with E-state index in [2.05, 4.69) is 37.0 Å². The summed E-state index contributed by atoms with van der Waals surface area (Å²) in [5.41, 5.74) is 5.11. The van der Waals surface area contributed by atoms with Gasteiger partial charge in [0.1, 0.15) is 5.15 Å². The number of nitrogens with zero attached hydrogens (tertiary/aromatic N) is 2. The van der Waals surface area contributed by atoms with Gasteiger partial charge in [0.25, 0.3) is 0 Å². The minimum Gasteiger partial charge on any atom is -0.454 e. The van der Waals surface area contributed by atoms with E-state index in [1.165, 1.54) is 5.56 Å². The largest absolute Gasteiger partial charge is 0.454 e. The van der Waals surface area contributed by atoms with Crippen LogP contribution in [-0.4, -0.2) is 22.6 Å². The van der Waals surface area contributed by atoms with Gasteiger partial charge in [0.05, 0.1) is 5.52 Å². The smallest absolute Gasteiger partial charge is 0.231 e. The van der Waals surface area contributed by atoms with Crippen LogP contribution in [0.3, 0.4) is 0 Å². The quantitative estimate of drug-likeness (QED) is 0.491. The van der Waals surface area contributed by atoms with Crippen molar-refractivity contribution < 1.29 is 14.3 Å². The van der Waals surface area contributed by atoms with Crippen LogP contribution in [0.15, 0.2) is 36.4 Å². The highest BCUT2D eigenvalue weighted by molar-refractivity contribution is 6.30. The number of carbonyl (C=O) groups excluding carboxylic acids is 1. The zero-order valence-corrected chi connectivity index (χ0v) is 18.5. The van der Waals surface area contributed by atoms with Gasteiger partial charge < -0.3 is 14.4 Å². The minimum atomic E-state index is 0.103. The van der Waals surface area contributed by atoms with Crippen LogP contribution < -0.4 is 9.47 Å². The number of hydrogen-bond acceptors (Lipinski definition) is 4. The number of aromatic nitrogens is 1. The third kappa shape index (κ3) is 3.83. The van der Waals surface area contributed by atoms with Gasteiger partial charge in [-0.15, -0.1) is 0 Å². The molecule has 2 heterocycles. The van der Waals surface area contributed by atoms with E-state index in [4.69, 9.17) is 21.1 Å². The Morgan fingerprint density at radius 3 is 2.68 bits per heavy atom. The molecule has 0 atom stereocenters. The number of aryl methyl sites for hydroxylation is 2. The number of pyridine rings is 1. The fourth-order valence-electron chi connectivity index (χ4n) is 4.21. The molecule has 0 saturated heterocycles. The lowest BCUT2D eigenvalue weighted by Gasteiger charge is -2.32. The van der Waals surface area contributed by atoms with Crippen LogP contribution >= 0.6 is 11.6 Å². The number of amides is 1. The van der Waals surface area contributed by atoms with Crippen LogP contribution in [0.2, 0.25) is 5.15 Å². The standard InChI is InChI=1S/C25H25ClN2O3/c1-15-6-8-19-11-20(24(26)27-23(19)16(15)2)13-28(25(29)18-4-3-5-18)12-17-7-9-21-22(10-17)31-14-30-21/h6-11,18H,3-5,12-14H2,1-2H3. The first-order valence-corrected chi connectivity index (χ1v) is 11.1. The summed E-state index contributed by atoms with van der Waals surface area (Å²) in [5, 5.41) is 1.50. The van der Waals surface area contributed by atoms with Gasteiger partial charge in [-0.2, -0.15) is 0 Å². The maximum absolute atomic E-state index is 13.2. The molecule has 1 aliphatic heterocycles. The molecule has 1 fully saturated rings. The highest BCUT2D eigenvalue weighted by atomic mass is 35.5. The number of fused-ring (bicyclic) bond motifs is 2. The van der Waals surface area contributed by atoms with Crippen LogP contribution in [0.4, 0.5) is 0 Å². The summed E-state index contributed by atoms with van der Waals surface area (Å²) in [6, 6.07) is 12.1. The van der Waals surface area contributed by atoms with E-state index < -0.39 is 0 Å². The Balaban J connectivity index is 1.46. The molecule has 0 spiro atoms. The Labute approximate surface area is 186 Å². The predicted molar refractivity (Wildman–Crippen MR) is 120 cm³/mol. The van der Waals surface area contributed by atoms with Crippen LogP contribution in [0, 0.1) is 19.8 Å². The van der Waals surface area contributed by atoms with Gasteiger partial charge in [0.15, 0.2) is 11.5 Å². The summed E-state index contributed by atoms with van der Waals surface area (Å²) >= 11 is 6.60. The van der Waals surface area contributed by atoms with Gasteiger partial charge in [0.2, 0.25) is 12.7 Å². The number of benzene rings is 2. The van der Waals surface area contributed by atoms with E-state index in [1.807, 2.05) is 23.1 Å². The van der Waals surface area contributed by atoms with Crippen molar-refractivity contribution in [3.05, 3.63) is 63.8 Å². The summed E-state index contributed by atoms with van der Waals surface area (Å²) in [6.45, 7) is 5.29. The van der Waals surface area contributed by atoms with Crippen LogP contribution in [0.5, 0.6) is 11.5 Å². The Bertz CT molecular complexity index is 1170. The number of carbonyl (C=O) groups is 1. The highest BCUT2D eigenvalue weighted by Gasteiger charge is 2.30. The van der Waals surface area contributed by atoms with Crippen molar-refractivity contribution in [2.45, 2.75) is 46.2 Å².